The molecule has 0 amide bonds. The van der Waals surface area contributed by atoms with Gasteiger partial charge in [-0.2, -0.15) is 4.94 Å². The molecule has 110 valence electrons. The molecule has 0 unspecified atom stereocenters. The van der Waals surface area contributed by atoms with E-state index in [9.17, 15) is 10.1 Å². The van der Waals surface area contributed by atoms with Gasteiger partial charge in [-0.25, -0.2) is 0 Å². The van der Waals surface area contributed by atoms with Crippen LogP contribution < -0.4 is 25.0 Å². The number of methoxy groups -OCH3 is 3. The van der Waals surface area contributed by atoms with Crippen LogP contribution >= 0.6 is 0 Å². The van der Waals surface area contributed by atoms with Crippen LogP contribution in [-0.2, 0) is 4.94 Å². The molecule has 0 heterocycles. The van der Waals surface area contributed by atoms with E-state index in [1.807, 2.05) is 0 Å². The number of nitrogens with zero attached hydrogens (tertiary/aromatic N) is 2. The molecule has 0 fully saturated rings. The summed E-state index contributed by atoms with van der Waals surface area (Å²) in [5.41, 5.74) is 5.31. The van der Waals surface area contributed by atoms with Gasteiger partial charge in [0, 0.05) is 12.1 Å². The van der Waals surface area contributed by atoms with Crippen molar-refractivity contribution in [1.82, 2.24) is 0 Å². The van der Waals surface area contributed by atoms with Crippen molar-refractivity contribution >= 4 is 11.6 Å². The molecule has 0 aliphatic rings. The summed E-state index contributed by atoms with van der Waals surface area (Å²) < 4.78 is 15.3. The lowest BCUT2D eigenvalue weighted by Gasteiger charge is -2.21. The first-order valence-corrected chi connectivity index (χ1v) is 5.21. The Morgan fingerprint density at radius 3 is 2.05 bits per heavy atom. The third-order valence-electron chi connectivity index (χ3n) is 2.25. The zero-order valence-corrected chi connectivity index (χ0v) is 11.1. The van der Waals surface area contributed by atoms with Gasteiger partial charge >= 0.3 is 5.09 Å². The van der Waals surface area contributed by atoms with Gasteiger partial charge in [0.1, 0.15) is 0 Å². The largest absolute Gasteiger partial charge is 0.493 e. The lowest BCUT2D eigenvalue weighted by atomic mass is 10.2. The second kappa shape index (κ2) is 6.31. The molecule has 0 atom stereocenters. The van der Waals surface area contributed by atoms with Gasteiger partial charge in [0.2, 0.25) is 11.7 Å². The van der Waals surface area contributed by atoms with Crippen LogP contribution in [0.4, 0.5) is 5.69 Å². The van der Waals surface area contributed by atoms with Gasteiger partial charge in [0.15, 0.2) is 11.5 Å². The Morgan fingerprint density at radius 1 is 1.25 bits per heavy atom. The number of ether oxygens (including phenoxy) is 3. The van der Waals surface area contributed by atoms with E-state index in [0.717, 1.165) is 0 Å². The Bertz CT molecular complexity index is 495. The first-order valence-electron chi connectivity index (χ1n) is 5.21. The minimum atomic E-state index is -1.09. The Morgan fingerprint density at radius 2 is 1.75 bits per heavy atom. The van der Waals surface area contributed by atoms with Gasteiger partial charge in [0.25, 0.3) is 0 Å². The number of hydrogen-bond donors (Lipinski definition) is 2. The predicted octanol–water partition coefficient (Wildman–Crippen LogP) is 0.536. The fourth-order valence-corrected chi connectivity index (χ4v) is 1.48. The van der Waals surface area contributed by atoms with Crippen molar-refractivity contribution in [2.75, 3.05) is 26.4 Å². The van der Waals surface area contributed by atoms with Crippen molar-refractivity contribution in [2.24, 2.45) is 5.73 Å². The van der Waals surface area contributed by atoms with Gasteiger partial charge in [0.05, 0.1) is 27.0 Å². The van der Waals surface area contributed by atoms with Gasteiger partial charge in [-0.05, 0) is 0 Å². The van der Waals surface area contributed by atoms with E-state index in [0.29, 0.717) is 10.8 Å². The number of hydroxylamine groups is 1. The van der Waals surface area contributed by atoms with Gasteiger partial charge in [-0.1, -0.05) is 0 Å². The van der Waals surface area contributed by atoms with Crippen LogP contribution in [0.3, 0.4) is 0 Å². The molecule has 10 nitrogen and oxygen atoms in total. The van der Waals surface area contributed by atoms with Crippen molar-refractivity contribution in [2.45, 2.75) is 0 Å². The third-order valence-corrected chi connectivity index (χ3v) is 2.25. The molecule has 3 N–H and O–H groups in total. The SMILES string of the molecule is COc1cc(N(O[N+](=O)[O-])C(=N)N)cc(OC)c1OC. The molecule has 20 heavy (non-hydrogen) atoms. The van der Waals surface area contributed by atoms with Crippen LogP contribution in [0, 0.1) is 15.5 Å². The van der Waals surface area contributed by atoms with Crippen LogP contribution in [0.15, 0.2) is 12.1 Å². The van der Waals surface area contributed by atoms with Gasteiger partial charge < -0.3 is 19.9 Å². The van der Waals surface area contributed by atoms with Crippen molar-refractivity contribution in [3.05, 3.63) is 22.2 Å². The Labute approximate surface area is 114 Å². The smallest absolute Gasteiger partial charge is 0.317 e. The highest BCUT2D eigenvalue weighted by molar-refractivity contribution is 5.91. The Kier molecular flexibility index (Phi) is 4.78. The van der Waals surface area contributed by atoms with Crippen LogP contribution in [0.1, 0.15) is 0 Å². The quantitative estimate of drug-likeness (QED) is 0.335. The molecule has 1 aromatic rings. The zero-order chi connectivity index (χ0) is 15.3. The van der Waals surface area contributed by atoms with Crippen LogP contribution in [0.5, 0.6) is 17.2 Å². The summed E-state index contributed by atoms with van der Waals surface area (Å²) in [6.07, 6.45) is 0. The molecule has 0 saturated heterocycles. The summed E-state index contributed by atoms with van der Waals surface area (Å²) >= 11 is 0. The van der Waals surface area contributed by atoms with Crippen LogP contribution in [0.25, 0.3) is 0 Å². The topological polar surface area (TPSA) is 133 Å². The lowest BCUT2D eigenvalue weighted by Crippen LogP contribution is -2.38. The van der Waals surface area contributed by atoms with E-state index < -0.39 is 11.0 Å². The van der Waals surface area contributed by atoms with E-state index >= 15 is 0 Å². The van der Waals surface area contributed by atoms with Crippen LogP contribution in [0.2, 0.25) is 0 Å². The van der Waals surface area contributed by atoms with Crippen LogP contribution in [-0.4, -0.2) is 32.4 Å². The summed E-state index contributed by atoms with van der Waals surface area (Å²) in [5.74, 6) is 0.0828. The normalized spacial score (nSPS) is 9.55. The second-order valence-corrected chi connectivity index (χ2v) is 3.37. The number of nitrogens with two attached hydrogens (primary N) is 1. The highest BCUT2D eigenvalue weighted by Crippen LogP contribution is 2.41. The summed E-state index contributed by atoms with van der Waals surface area (Å²) in [7, 11) is 4.18. The first-order chi connectivity index (χ1) is 9.44. The fraction of sp³-hybridized carbons (Fsp3) is 0.300. The molecule has 0 aliphatic carbocycles. The fourth-order valence-electron chi connectivity index (χ4n) is 1.48. The summed E-state index contributed by atoms with van der Waals surface area (Å²) in [4.78, 5) is 14.6. The number of rotatable bonds is 6. The summed E-state index contributed by atoms with van der Waals surface area (Å²) in [5, 5.41) is 17.1. The van der Waals surface area contributed by atoms with Crippen molar-refractivity contribution in [3.63, 3.8) is 0 Å². The van der Waals surface area contributed by atoms with Crippen molar-refractivity contribution in [3.8, 4) is 17.2 Å². The summed E-state index contributed by atoms with van der Waals surface area (Å²) in [6.45, 7) is 0. The molecule has 1 aromatic carbocycles. The molecule has 0 bridgehead atoms. The van der Waals surface area contributed by atoms with Crippen molar-refractivity contribution < 1.29 is 24.2 Å². The standard InChI is InChI=1S/C10H14N4O6/c1-17-7-4-6(5-8(18-2)9(7)19-3)13(10(11)12)20-14(15)16/h4-5H,1-3H3,(H3,11,12). The maximum Gasteiger partial charge on any atom is 0.317 e. The van der Waals surface area contributed by atoms with E-state index in [-0.39, 0.29) is 17.2 Å². The maximum absolute atomic E-state index is 10.4. The molecule has 0 aliphatic heterocycles. The van der Waals surface area contributed by atoms with E-state index in [4.69, 9.17) is 25.4 Å². The number of anilines is 1. The monoisotopic (exact) mass is 286 g/mol. The maximum atomic E-state index is 10.4. The average molecular weight is 286 g/mol. The molecule has 0 saturated carbocycles. The van der Waals surface area contributed by atoms with Gasteiger partial charge in [-0.3, -0.25) is 5.41 Å². The van der Waals surface area contributed by atoms with Crippen molar-refractivity contribution in [1.29, 1.82) is 5.41 Å². The average Bonchev–Trinajstić information content (AvgIpc) is 2.42. The third kappa shape index (κ3) is 3.10. The lowest BCUT2D eigenvalue weighted by molar-refractivity contribution is -0.758. The molecule has 10 heteroatoms. The number of guanidine groups is 1. The minimum Gasteiger partial charge on any atom is -0.493 e. The molecular formula is C10H14N4O6. The zero-order valence-electron chi connectivity index (χ0n) is 11.1. The Hall–Kier alpha value is -2.91. The predicted molar refractivity (Wildman–Crippen MR) is 68.6 cm³/mol. The highest BCUT2D eigenvalue weighted by Gasteiger charge is 2.20. The molecule has 0 radical (unpaired) electrons. The molecular weight excluding hydrogens is 272 g/mol. The van der Waals surface area contributed by atoms with Gasteiger partial charge in [-0.15, -0.1) is 15.2 Å². The Balaban J connectivity index is 3.35. The number of benzene rings is 1. The molecule has 0 aromatic heterocycles. The number of nitrogens with one attached hydrogen (secondary N) is 1. The summed E-state index contributed by atoms with van der Waals surface area (Å²) in [6, 6.07) is 2.71. The highest BCUT2D eigenvalue weighted by atomic mass is 17.0. The minimum absolute atomic E-state index is 0.0729. The van der Waals surface area contributed by atoms with E-state index in [1.165, 1.54) is 33.5 Å². The van der Waals surface area contributed by atoms with E-state index in [1.54, 1.807) is 0 Å². The second-order valence-electron chi connectivity index (χ2n) is 3.37. The first kappa shape index (κ1) is 15.1. The molecule has 0 spiro atoms. The van der Waals surface area contributed by atoms with E-state index in [2.05, 4.69) is 4.94 Å². The number of hydrogen-bond acceptors (Lipinski definition) is 7. The molecule has 1 rings (SSSR count).